The van der Waals surface area contributed by atoms with Gasteiger partial charge in [-0.2, -0.15) is 0 Å². The van der Waals surface area contributed by atoms with Crippen LogP contribution in [-0.4, -0.2) is 13.1 Å². The average molecular weight is 280 g/mol. The van der Waals surface area contributed by atoms with Crippen molar-refractivity contribution in [3.05, 3.63) is 71.3 Å². The van der Waals surface area contributed by atoms with Gasteiger partial charge in [-0.3, -0.25) is 4.79 Å². The normalized spacial score (nSPS) is 11.6. The van der Waals surface area contributed by atoms with Crippen molar-refractivity contribution in [2.45, 2.75) is 19.3 Å². The predicted molar refractivity (Wildman–Crippen MR) is 86.9 cm³/mol. The molecule has 0 bridgehead atoms. The second kappa shape index (κ2) is 6.40. The number of esters is 1. The van der Waals surface area contributed by atoms with Gasteiger partial charge in [0.2, 0.25) is 0 Å². The van der Waals surface area contributed by atoms with Crippen molar-refractivity contribution in [1.29, 1.82) is 0 Å². The summed E-state index contributed by atoms with van der Waals surface area (Å²) in [5, 5.41) is 0. The first-order valence-electron chi connectivity index (χ1n) is 6.96. The summed E-state index contributed by atoms with van der Waals surface area (Å²) in [4.78, 5) is 11.9. The van der Waals surface area contributed by atoms with Gasteiger partial charge in [-0.15, -0.1) is 0 Å². The van der Waals surface area contributed by atoms with Crippen LogP contribution < -0.4 is 0 Å². The topological polar surface area (TPSA) is 26.3 Å². The molecule has 108 valence electrons. The van der Waals surface area contributed by atoms with Gasteiger partial charge in [0.25, 0.3) is 0 Å². The van der Waals surface area contributed by atoms with Crippen molar-refractivity contribution >= 4 is 18.1 Å². The summed E-state index contributed by atoms with van der Waals surface area (Å²) < 4.78 is 4.88. The van der Waals surface area contributed by atoms with Crippen molar-refractivity contribution in [3.63, 3.8) is 0 Å². The second-order valence-electron chi connectivity index (χ2n) is 5.49. The van der Waals surface area contributed by atoms with Gasteiger partial charge in [0.05, 0.1) is 12.5 Å². The Morgan fingerprint density at radius 1 is 0.952 bits per heavy atom. The minimum atomic E-state index is -0.647. The first-order chi connectivity index (χ1) is 10.0. The van der Waals surface area contributed by atoms with Gasteiger partial charge in [0.1, 0.15) is 0 Å². The maximum atomic E-state index is 11.9. The minimum Gasteiger partial charge on any atom is -0.468 e. The zero-order valence-electron chi connectivity index (χ0n) is 12.7. The third-order valence-corrected chi connectivity index (χ3v) is 3.57. The van der Waals surface area contributed by atoms with Gasteiger partial charge in [-0.05, 0) is 30.5 Å². The highest BCUT2D eigenvalue weighted by Gasteiger charge is 2.30. The number of hydrogen-bond acceptors (Lipinski definition) is 2. The van der Waals surface area contributed by atoms with Crippen LogP contribution in [0.5, 0.6) is 0 Å². The summed E-state index contributed by atoms with van der Waals surface area (Å²) in [6, 6.07) is 18.1. The van der Waals surface area contributed by atoms with Crippen LogP contribution in [0.3, 0.4) is 0 Å². The zero-order valence-corrected chi connectivity index (χ0v) is 12.7. The third kappa shape index (κ3) is 3.60. The first kappa shape index (κ1) is 15.0. The lowest BCUT2D eigenvalue weighted by Gasteiger charge is -2.22. The molecule has 0 aliphatic heterocycles. The second-order valence-corrected chi connectivity index (χ2v) is 5.49. The van der Waals surface area contributed by atoms with E-state index in [4.69, 9.17) is 4.74 Å². The van der Waals surface area contributed by atoms with Crippen molar-refractivity contribution in [3.8, 4) is 0 Å². The van der Waals surface area contributed by atoms with Crippen LogP contribution in [0.4, 0.5) is 0 Å². The van der Waals surface area contributed by atoms with Crippen LogP contribution in [0.15, 0.2) is 54.6 Å². The van der Waals surface area contributed by atoms with E-state index in [1.165, 1.54) is 7.11 Å². The van der Waals surface area contributed by atoms with E-state index in [1.54, 1.807) is 0 Å². The Labute approximate surface area is 126 Å². The average Bonchev–Trinajstić information content (AvgIpc) is 2.53. The van der Waals surface area contributed by atoms with E-state index in [2.05, 4.69) is 18.2 Å². The summed E-state index contributed by atoms with van der Waals surface area (Å²) in [5.41, 5.74) is 2.51. The number of ether oxygens (including phenoxy) is 1. The fourth-order valence-electron chi connectivity index (χ4n) is 2.16. The van der Waals surface area contributed by atoms with Crippen LogP contribution in [0.25, 0.3) is 12.2 Å². The van der Waals surface area contributed by atoms with Crippen LogP contribution in [-0.2, 0) is 14.9 Å². The number of benzene rings is 2. The smallest absolute Gasteiger partial charge is 0.315 e. The summed E-state index contributed by atoms with van der Waals surface area (Å²) in [5.74, 6) is -0.230. The lowest BCUT2D eigenvalue weighted by atomic mass is 9.84. The molecule has 0 amide bonds. The molecule has 2 heteroatoms. The van der Waals surface area contributed by atoms with Gasteiger partial charge < -0.3 is 4.74 Å². The predicted octanol–water partition coefficient (Wildman–Crippen LogP) is 4.31. The molecule has 0 aromatic heterocycles. The van der Waals surface area contributed by atoms with Gasteiger partial charge >= 0.3 is 5.97 Å². The maximum absolute atomic E-state index is 11.9. The molecular weight excluding hydrogens is 260 g/mol. The molecule has 0 spiro atoms. The van der Waals surface area contributed by atoms with Crippen LogP contribution >= 0.6 is 0 Å². The summed E-state index contributed by atoms with van der Waals surface area (Å²) in [6.07, 6.45) is 4.11. The zero-order chi connectivity index (χ0) is 15.3. The van der Waals surface area contributed by atoms with Crippen molar-refractivity contribution < 1.29 is 9.53 Å². The van der Waals surface area contributed by atoms with E-state index in [0.717, 1.165) is 16.7 Å². The molecule has 0 fully saturated rings. The molecule has 0 unspecified atom stereocenters. The molecule has 0 saturated heterocycles. The Kier molecular flexibility index (Phi) is 4.59. The lowest BCUT2D eigenvalue weighted by molar-refractivity contribution is -0.146. The third-order valence-electron chi connectivity index (χ3n) is 3.57. The summed E-state index contributed by atoms with van der Waals surface area (Å²) in [6.45, 7) is 3.75. The molecule has 2 rings (SSSR count). The summed E-state index contributed by atoms with van der Waals surface area (Å²) >= 11 is 0. The molecule has 0 aliphatic carbocycles. The van der Waals surface area contributed by atoms with Crippen molar-refractivity contribution in [2.75, 3.05) is 7.11 Å². The van der Waals surface area contributed by atoms with Crippen LogP contribution in [0, 0.1) is 0 Å². The van der Waals surface area contributed by atoms with Crippen molar-refractivity contribution in [1.82, 2.24) is 0 Å². The molecule has 2 aromatic rings. The van der Waals surface area contributed by atoms with E-state index in [0.29, 0.717) is 0 Å². The van der Waals surface area contributed by atoms with Crippen molar-refractivity contribution in [2.24, 2.45) is 0 Å². The monoisotopic (exact) mass is 280 g/mol. The molecular formula is C19H20O2. The number of carbonyl (C=O) groups is 1. The number of hydrogen-bond donors (Lipinski definition) is 0. The van der Waals surface area contributed by atoms with E-state index in [9.17, 15) is 4.79 Å². The Bertz CT molecular complexity index is 640. The maximum Gasteiger partial charge on any atom is 0.315 e. The van der Waals surface area contributed by atoms with Gasteiger partial charge in [0, 0.05) is 0 Å². The molecule has 0 N–H and O–H groups in total. The Hall–Kier alpha value is -2.35. The molecule has 0 heterocycles. The molecule has 2 aromatic carbocycles. The highest BCUT2D eigenvalue weighted by atomic mass is 16.5. The Morgan fingerprint density at radius 2 is 1.57 bits per heavy atom. The molecule has 0 aliphatic rings. The minimum absolute atomic E-state index is 0.230. The highest BCUT2D eigenvalue weighted by Crippen LogP contribution is 2.26. The quantitative estimate of drug-likeness (QED) is 0.616. The van der Waals surface area contributed by atoms with Crippen LogP contribution in [0.2, 0.25) is 0 Å². The Balaban J connectivity index is 2.26. The van der Waals surface area contributed by atoms with E-state index < -0.39 is 5.41 Å². The SMILES string of the molecule is COC(=O)C(C)(C)c1cccc(C=Cc2ccccc2)c1. The van der Waals surface area contributed by atoms with E-state index in [1.807, 2.05) is 62.4 Å². The number of methoxy groups -OCH3 is 1. The lowest BCUT2D eigenvalue weighted by Crippen LogP contribution is -2.30. The molecule has 0 radical (unpaired) electrons. The van der Waals surface area contributed by atoms with Gasteiger partial charge in [-0.1, -0.05) is 66.7 Å². The molecule has 2 nitrogen and oxygen atoms in total. The fourth-order valence-corrected chi connectivity index (χ4v) is 2.16. The molecule has 0 saturated carbocycles. The number of carbonyl (C=O) groups excluding carboxylic acids is 1. The van der Waals surface area contributed by atoms with E-state index in [-0.39, 0.29) is 5.97 Å². The fraction of sp³-hybridized carbons (Fsp3) is 0.211. The highest BCUT2D eigenvalue weighted by molar-refractivity contribution is 5.82. The Morgan fingerprint density at radius 3 is 2.24 bits per heavy atom. The molecule has 21 heavy (non-hydrogen) atoms. The number of rotatable bonds is 4. The van der Waals surface area contributed by atoms with Gasteiger partial charge in [-0.25, -0.2) is 0 Å². The van der Waals surface area contributed by atoms with Gasteiger partial charge in [0.15, 0.2) is 0 Å². The molecule has 0 atom stereocenters. The summed E-state index contributed by atoms with van der Waals surface area (Å²) in [7, 11) is 1.42. The van der Waals surface area contributed by atoms with E-state index >= 15 is 0 Å². The first-order valence-corrected chi connectivity index (χ1v) is 6.96. The van der Waals surface area contributed by atoms with Crippen LogP contribution in [0.1, 0.15) is 30.5 Å². The largest absolute Gasteiger partial charge is 0.468 e. The standard InChI is InChI=1S/C19H20O2/c1-19(2,18(20)21-3)17-11-7-10-16(14-17)13-12-15-8-5-4-6-9-15/h4-14H,1-3H3.